The van der Waals surface area contributed by atoms with Gasteiger partial charge in [-0.25, -0.2) is 0 Å². The van der Waals surface area contributed by atoms with Gasteiger partial charge in [-0.1, -0.05) is 12.1 Å². The monoisotopic (exact) mass is 257 g/mol. The fourth-order valence-electron chi connectivity index (χ4n) is 2.25. The Morgan fingerprint density at radius 3 is 3.16 bits per heavy atom. The Balaban J connectivity index is 1.54. The van der Waals surface area contributed by atoms with Gasteiger partial charge >= 0.3 is 0 Å². The van der Waals surface area contributed by atoms with Crippen molar-refractivity contribution in [2.75, 3.05) is 6.54 Å². The number of fused-ring (bicyclic) bond motifs is 1. The van der Waals surface area contributed by atoms with Crippen molar-refractivity contribution >= 4 is 16.9 Å². The first kappa shape index (κ1) is 12.0. The van der Waals surface area contributed by atoms with Gasteiger partial charge in [0.25, 0.3) is 0 Å². The van der Waals surface area contributed by atoms with Gasteiger partial charge < -0.3 is 11.1 Å². The number of nitrogens with zero attached hydrogens (tertiary/aromatic N) is 2. The molecule has 1 aliphatic carbocycles. The van der Waals surface area contributed by atoms with Crippen molar-refractivity contribution in [3.8, 4) is 0 Å². The van der Waals surface area contributed by atoms with E-state index in [1.54, 1.807) is 0 Å². The lowest BCUT2D eigenvalue weighted by Crippen LogP contribution is -2.43. The van der Waals surface area contributed by atoms with Crippen LogP contribution in [0.2, 0.25) is 0 Å². The zero-order valence-corrected chi connectivity index (χ0v) is 10.9. The summed E-state index contributed by atoms with van der Waals surface area (Å²) in [6, 6.07) is 6.86. The Morgan fingerprint density at radius 2 is 2.37 bits per heavy atom. The molecular formula is C14H19N5. The summed E-state index contributed by atoms with van der Waals surface area (Å²) in [5.41, 5.74) is 8.16. The number of aliphatic imine (C=N–C) groups is 1. The maximum atomic E-state index is 5.84. The first-order chi connectivity index (χ1) is 9.31. The third kappa shape index (κ3) is 2.86. The van der Waals surface area contributed by atoms with Crippen LogP contribution in [0.15, 0.2) is 29.4 Å². The quantitative estimate of drug-likeness (QED) is 0.574. The molecule has 1 aromatic heterocycles. The van der Waals surface area contributed by atoms with Crippen LogP contribution in [0, 0.1) is 0 Å². The minimum atomic E-state index is 0.546. The van der Waals surface area contributed by atoms with E-state index in [4.69, 9.17) is 5.73 Å². The Kier molecular flexibility index (Phi) is 3.35. The molecule has 0 bridgehead atoms. The SMILES string of the molecule is NC(=NCCc1ccc2cn[nH]c2c1)NC1CCC1. The van der Waals surface area contributed by atoms with Crippen LogP contribution >= 0.6 is 0 Å². The van der Waals surface area contributed by atoms with Crippen LogP contribution in [0.25, 0.3) is 10.9 Å². The predicted octanol–water partition coefficient (Wildman–Crippen LogP) is 1.56. The first-order valence-corrected chi connectivity index (χ1v) is 6.80. The highest BCUT2D eigenvalue weighted by molar-refractivity contribution is 5.79. The fourth-order valence-corrected chi connectivity index (χ4v) is 2.25. The van der Waals surface area contributed by atoms with Crippen LogP contribution in [0.3, 0.4) is 0 Å². The summed E-state index contributed by atoms with van der Waals surface area (Å²) in [6.07, 6.45) is 6.45. The largest absolute Gasteiger partial charge is 0.370 e. The highest BCUT2D eigenvalue weighted by atomic mass is 15.1. The molecule has 1 fully saturated rings. The van der Waals surface area contributed by atoms with E-state index in [1.165, 1.54) is 24.8 Å². The van der Waals surface area contributed by atoms with Crippen molar-refractivity contribution in [2.45, 2.75) is 31.7 Å². The summed E-state index contributed by atoms with van der Waals surface area (Å²) in [7, 11) is 0. The molecule has 5 heteroatoms. The van der Waals surface area contributed by atoms with Gasteiger partial charge in [-0.3, -0.25) is 10.1 Å². The standard InChI is InChI=1S/C14H19N5/c15-14(18-12-2-1-3-12)16-7-6-10-4-5-11-9-17-19-13(11)8-10/h4-5,8-9,12H,1-3,6-7H2,(H,17,19)(H3,15,16,18). The molecule has 1 heterocycles. The van der Waals surface area contributed by atoms with Crippen molar-refractivity contribution in [3.05, 3.63) is 30.0 Å². The van der Waals surface area contributed by atoms with Crippen LogP contribution < -0.4 is 11.1 Å². The molecule has 0 saturated heterocycles. The van der Waals surface area contributed by atoms with Gasteiger partial charge in [0.15, 0.2) is 5.96 Å². The predicted molar refractivity (Wildman–Crippen MR) is 77.1 cm³/mol. The van der Waals surface area contributed by atoms with Gasteiger partial charge in [0.05, 0.1) is 11.7 Å². The number of guanidine groups is 1. The average molecular weight is 257 g/mol. The molecule has 1 aliphatic rings. The molecular weight excluding hydrogens is 238 g/mol. The number of benzene rings is 1. The second kappa shape index (κ2) is 5.30. The summed E-state index contributed by atoms with van der Waals surface area (Å²) >= 11 is 0. The summed E-state index contributed by atoms with van der Waals surface area (Å²) in [6.45, 7) is 0.713. The molecule has 0 amide bonds. The van der Waals surface area contributed by atoms with Crippen molar-refractivity contribution in [1.29, 1.82) is 0 Å². The van der Waals surface area contributed by atoms with Crippen LogP contribution in [-0.2, 0) is 6.42 Å². The van der Waals surface area contributed by atoms with E-state index in [-0.39, 0.29) is 0 Å². The number of aromatic amines is 1. The topological polar surface area (TPSA) is 79.1 Å². The Labute approximate surface area is 112 Å². The number of hydrogen-bond donors (Lipinski definition) is 3. The van der Waals surface area contributed by atoms with E-state index in [0.29, 0.717) is 18.5 Å². The Hall–Kier alpha value is -2.04. The van der Waals surface area contributed by atoms with Gasteiger partial charge in [0.2, 0.25) is 0 Å². The molecule has 0 atom stereocenters. The second-order valence-corrected chi connectivity index (χ2v) is 5.08. The highest BCUT2D eigenvalue weighted by Gasteiger charge is 2.16. The van der Waals surface area contributed by atoms with E-state index in [2.05, 4.69) is 38.7 Å². The molecule has 2 aromatic rings. The number of nitrogens with two attached hydrogens (primary N) is 1. The van der Waals surface area contributed by atoms with E-state index >= 15 is 0 Å². The molecule has 0 spiro atoms. The second-order valence-electron chi connectivity index (χ2n) is 5.08. The van der Waals surface area contributed by atoms with E-state index in [0.717, 1.165) is 17.3 Å². The van der Waals surface area contributed by atoms with E-state index in [1.807, 2.05) is 6.20 Å². The van der Waals surface area contributed by atoms with Crippen molar-refractivity contribution in [1.82, 2.24) is 15.5 Å². The van der Waals surface area contributed by atoms with Gasteiger partial charge in [-0.15, -0.1) is 0 Å². The van der Waals surface area contributed by atoms with Crippen LogP contribution in [0.4, 0.5) is 0 Å². The molecule has 0 unspecified atom stereocenters. The minimum absolute atomic E-state index is 0.546. The van der Waals surface area contributed by atoms with E-state index in [9.17, 15) is 0 Å². The third-order valence-corrected chi connectivity index (χ3v) is 3.65. The number of rotatable bonds is 4. The van der Waals surface area contributed by atoms with Gasteiger partial charge in [0.1, 0.15) is 0 Å². The van der Waals surface area contributed by atoms with E-state index < -0.39 is 0 Å². The van der Waals surface area contributed by atoms with Gasteiger partial charge in [-0.2, -0.15) is 5.10 Å². The maximum absolute atomic E-state index is 5.84. The minimum Gasteiger partial charge on any atom is -0.370 e. The average Bonchev–Trinajstić information content (AvgIpc) is 2.81. The number of nitrogens with one attached hydrogen (secondary N) is 2. The van der Waals surface area contributed by atoms with Crippen LogP contribution in [0.1, 0.15) is 24.8 Å². The maximum Gasteiger partial charge on any atom is 0.188 e. The number of aromatic nitrogens is 2. The fraction of sp³-hybridized carbons (Fsp3) is 0.429. The normalized spacial score (nSPS) is 16.5. The van der Waals surface area contributed by atoms with Gasteiger partial charge in [0, 0.05) is 18.0 Å². The molecule has 3 rings (SSSR count). The Bertz CT molecular complexity index is 582. The molecule has 1 aromatic carbocycles. The van der Waals surface area contributed by atoms with Crippen molar-refractivity contribution in [3.63, 3.8) is 0 Å². The number of H-pyrrole nitrogens is 1. The molecule has 0 radical (unpaired) electrons. The zero-order valence-electron chi connectivity index (χ0n) is 10.9. The van der Waals surface area contributed by atoms with Crippen LogP contribution in [0.5, 0.6) is 0 Å². The lowest BCUT2D eigenvalue weighted by atomic mass is 9.93. The molecule has 0 aliphatic heterocycles. The molecule has 19 heavy (non-hydrogen) atoms. The molecule has 5 nitrogen and oxygen atoms in total. The van der Waals surface area contributed by atoms with Crippen LogP contribution in [-0.4, -0.2) is 28.7 Å². The summed E-state index contributed by atoms with van der Waals surface area (Å²) in [5.74, 6) is 0.576. The molecule has 100 valence electrons. The molecule has 1 saturated carbocycles. The lowest BCUT2D eigenvalue weighted by molar-refractivity contribution is 0.382. The van der Waals surface area contributed by atoms with Gasteiger partial charge in [-0.05, 0) is 37.3 Å². The van der Waals surface area contributed by atoms with Crippen molar-refractivity contribution < 1.29 is 0 Å². The summed E-state index contributed by atoms with van der Waals surface area (Å²) in [5, 5.41) is 11.4. The number of hydrogen-bond acceptors (Lipinski definition) is 2. The highest BCUT2D eigenvalue weighted by Crippen LogP contribution is 2.17. The smallest absolute Gasteiger partial charge is 0.188 e. The summed E-state index contributed by atoms with van der Waals surface area (Å²) < 4.78 is 0. The zero-order chi connectivity index (χ0) is 13.1. The third-order valence-electron chi connectivity index (χ3n) is 3.65. The first-order valence-electron chi connectivity index (χ1n) is 6.80. The van der Waals surface area contributed by atoms with Crippen molar-refractivity contribution in [2.24, 2.45) is 10.7 Å². The summed E-state index contributed by atoms with van der Waals surface area (Å²) in [4.78, 5) is 4.37. The lowest BCUT2D eigenvalue weighted by Gasteiger charge is -2.26. The Morgan fingerprint density at radius 1 is 1.47 bits per heavy atom. The molecule has 4 N–H and O–H groups in total.